The van der Waals surface area contributed by atoms with Crippen LogP contribution in [0, 0.1) is 19.3 Å². The highest BCUT2D eigenvalue weighted by molar-refractivity contribution is 7.99. The van der Waals surface area contributed by atoms with E-state index in [9.17, 15) is 9.59 Å². The third-order valence-electron chi connectivity index (χ3n) is 3.71. The van der Waals surface area contributed by atoms with Crippen LogP contribution in [0.1, 0.15) is 39.1 Å². The van der Waals surface area contributed by atoms with Crippen LogP contribution in [0.5, 0.6) is 0 Å². The molecular formula is C20H26N4O2S. The fourth-order valence-corrected chi connectivity index (χ4v) is 3.04. The van der Waals surface area contributed by atoms with Crippen molar-refractivity contribution in [2.75, 3.05) is 5.32 Å². The Bertz CT molecular complexity index is 809. The Hall–Kier alpha value is -2.41. The Morgan fingerprint density at radius 1 is 1.04 bits per heavy atom. The molecule has 2 amide bonds. The van der Waals surface area contributed by atoms with Gasteiger partial charge in [-0.25, -0.2) is 9.97 Å². The van der Waals surface area contributed by atoms with Gasteiger partial charge in [-0.1, -0.05) is 20.8 Å². The van der Waals surface area contributed by atoms with Crippen LogP contribution in [0.2, 0.25) is 0 Å². The number of anilines is 1. The Morgan fingerprint density at radius 3 is 2.11 bits per heavy atom. The number of amides is 2. The van der Waals surface area contributed by atoms with Crippen molar-refractivity contribution < 1.29 is 9.59 Å². The third kappa shape index (κ3) is 6.36. The molecule has 6 nitrogen and oxygen atoms in total. The Kier molecular flexibility index (Phi) is 6.59. The molecule has 0 saturated heterocycles. The normalized spacial score (nSPS) is 12.4. The highest BCUT2D eigenvalue weighted by Crippen LogP contribution is 2.26. The Morgan fingerprint density at radius 2 is 1.59 bits per heavy atom. The highest BCUT2D eigenvalue weighted by atomic mass is 32.2. The molecule has 2 N–H and O–H groups in total. The maximum Gasteiger partial charge on any atom is 0.246 e. The lowest BCUT2D eigenvalue weighted by Gasteiger charge is -2.21. The van der Waals surface area contributed by atoms with Gasteiger partial charge in [-0.3, -0.25) is 9.59 Å². The van der Waals surface area contributed by atoms with Crippen molar-refractivity contribution in [3.63, 3.8) is 0 Å². The monoisotopic (exact) mass is 386 g/mol. The number of aromatic nitrogens is 2. The number of rotatable bonds is 5. The molecule has 0 aliphatic rings. The SMILES string of the molecule is Cc1cc(C)nc(Sc2ccc(NC(=O)C(C)NC(=O)C(C)(C)C)cc2)n1. The van der Waals surface area contributed by atoms with Gasteiger partial charge in [-0.15, -0.1) is 0 Å². The van der Waals surface area contributed by atoms with Gasteiger partial charge >= 0.3 is 0 Å². The van der Waals surface area contributed by atoms with Crippen LogP contribution in [0.3, 0.4) is 0 Å². The molecule has 0 spiro atoms. The van der Waals surface area contributed by atoms with E-state index in [4.69, 9.17) is 0 Å². The highest BCUT2D eigenvalue weighted by Gasteiger charge is 2.25. The number of carbonyl (C=O) groups excluding carboxylic acids is 2. The van der Waals surface area contributed by atoms with Gasteiger partial charge in [0.05, 0.1) is 0 Å². The maximum atomic E-state index is 12.3. The van der Waals surface area contributed by atoms with E-state index in [2.05, 4.69) is 20.6 Å². The lowest BCUT2D eigenvalue weighted by molar-refractivity contribution is -0.131. The number of nitrogens with zero attached hydrogens (tertiary/aromatic N) is 2. The van der Waals surface area contributed by atoms with Gasteiger partial charge in [0.15, 0.2) is 5.16 Å². The van der Waals surface area contributed by atoms with Crippen molar-refractivity contribution in [1.29, 1.82) is 0 Å². The number of benzene rings is 1. The molecular weight excluding hydrogens is 360 g/mol. The predicted octanol–water partition coefficient (Wildman–Crippen LogP) is 3.73. The van der Waals surface area contributed by atoms with E-state index in [0.29, 0.717) is 10.8 Å². The second-order valence-corrected chi connectivity index (χ2v) is 8.53. The van der Waals surface area contributed by atoms with Crippen LogP contribution < -0.4 is 10.6 Å². The Balaban J connectivity index is 1.96. The molecule has 1 aromatic heterocycles. The van der Waals surface area contributed by atoms with Crippen molar-refractivity contribution in [2.24, 2.45) is 5.41 Å². The molecule has 0 fully saturated rings. The van der Waals surface area contributed by atoms with Gasteiger partial charge in [-0.2, -0.15) is 0 Å². The predicted molar refractivity (Wildman–Crippen MR) is 108 cm³/mol. The number of carbonyl (C=O) groups is 2. The molecule has 144 valence electrons. The molecule has 1 heterocycles. The second-order valence-electron chi connectivity index (χ2n) is 7.49. The molecule has 0 saturated carbocycles. The standard InChI is InChI=1S/C20H26N4O2S/c1-12-11-13(2)22-19(21-12)27-16-9-7-15(8-10-16)24-17(25)14(3)23-18(26)20(4,5)6/h7-11,14H,1-6H3,(H,23,26)(H,24,25). The number of nitrogens with one attached hydrogen (secondary N) is 2. The van der Waals surface area contributed by atoms with Crippen LogP contribution in [0.4, 0.5) is 5.69 Å². The largest absolute Gasteiger partial charge is 0.344 e. The molecule has 0 aliphatic carbocycles. The van der Waals surface area contributed by atoms with Crippen LogP contribution in [-0.4, -0.2) is 27.8 Å². The minimum atomic E-state index is -0.616. The quantitative estimate of drug-likeness (QED) is 0.765. The Labute approximate surface area is 164 Å². The number of hydrogen-bond donors (Lipinski definition) is 2. The summed E-state index contributed by atoms with van der Waals surface area (Å²) in [6, 6.07) is 8.76. The minimum absolute atomic E-state index is 0.162. The second kappa shape index (κ2) is 8.52. The summed E-state index contributed by atoms with van der Waals surface area (Å²) in [5.41, 5.74) is 1.99. The van der Waals surface area contributed by atoms with Gasteiger partial charge in [0.25, 0.3) is 0 Å². The zero-order valence-electron chi connectivity index (χ0n) is 16.6. The van der Waals surface area contributed by atoms with E-state index >= 15 is 0 Å². The van der Waals surface area contributed by atoms with Crippen LogP contribution in [0.15, 0.2) is 40.4 Å². The van der Waals surface area contributed by atoms with Gasteiger partial charge < -0.3 is 10.6 Å². The van der Waals surface area contributed by atoms with Crippen molar-refractivity contribution in [2.45, 2.75) is 57.6 Å². The first-order valence-corrected chi connectivity index (χ1v) is 9.58. The lowest BCUT2D eigenvalue weighted by Crippen LogP contribution is -2.46. The fraction of sp³-hybridized carbons (Fsp3) is 0.400. The van der Waals surface area contributed by atoms with Crippen LogP contribution in [0.25, 0.3) is 0 Å². The van der Waals surface area contributed by atoms with E-state index < -0.39 is 11.5 Å². The molecule has 2 aromatic rings. The van der Waals surface area contributed by atoms with Crippen LogP contribution >= 0.6 is 11.8 Å². The van der Waals surface area contributed by atoms with Crippen molar-refractivity contribution in [1.82, 2.24) is 15.3 Å². The van der Waals surface area contributed by atoms with Crippen molar-refractivity contribution in [3.8, 4) is 0 Å². The fourth-order valence-electron chi connectivity index (χ4n) is 2.18. The summed E-state index contributed by atoms with van der Waals surface area (Å²) in [4.78, 5) is 34.1. The third-order valence-corrected chi connectivity index (χ3v) is 4.59. The molecule has 7 heteroatoms. The summed E-state index contributed by atoms with van der Waals surface area (Å²) in [6.07, 6.45) is 0. The summed E-state index contributed by atoms with van der Waals surface area (Å²) in [5, 5.41) is 6.23. The molecule has 0 bridgehead atoms. The van der Waals surface area contributed by atoms with Crippen molar-refractivity contribution in [3.05, 3.63) is 41.7 Å². The molecule has 1 atom stereocenters. The van der Waals surface area contributed by atoms with E-state index in [1.807, 2.05) is 65.0 Å². The van der Waals surface area contributed by atoms with E-state index in [-0.39, 0.29) is 11.8 Å². The molecule has 0 aliphatic heterocycles. The first-order chi connectivity index (χ1) is 12.5. The summed E-state index contributed by atoms with van der Waals surface area (Å²) in [5.74, 6) is -0.420. The summed E-state index contributed by atoms with van der Waals surface area (Å²) < 4.78 is 0. The summed E-state index contributed by atoms with van der Waals surface area (Å²) >= 11 is 1.47. The minimum Gasteiger partial charge on any atom is -0.344 e. The molecule has 27 heavy (non-hydrogen) atoms. The number of aryl methyl sites for hydroxylation is 2. The zero-order chi connectivity index (χ0) is 20.2. The molecule has 1 unspecified atom stereocenters. The van der Waals surface area contributed by atoms with Gasteiger partial charge in [-0.05, 0) is 62.9 Å². The first-order valence-electron chi connectivity index (χ1n) is 8.76. The molecule has 0 radical (unpaired) electrons. The average molecular weight is 387 g/mol. The van der Waals surface area contributed by atoms with Gasteiger partial charge in [0.2, 0.25) is 11.8 Å². The van der Waals surface area contributed by atoms with E-state index in [0.717, 1.165) is 16.3 Å². The smallest absolute Gasteiger partial charge is 0.246 e. The summed E-state index contributed by atoms with van der Waals surface area (Å²) in [7, 11) is 0. The van der Waals surface area contributed by atoms with E-state index in [1.54, 1.807) is 6.92 Å². The molecule has 2 rings (SSSR count). The molecule has 1 aromatic carbocycles. The van der Waals surface area contributed by atoms with Crippen molar-refractivity contribution >= 4 is 29.3 Å². The van der Waals surface area contributed by atoms with E-state index in [1.165, 1.54) is 11.8 Å². The van der Waals surface area contributed by atoms with Crippen LogP contribution in [-0.2, 0) is 9.59 Å². The summed E-state index contributed by atoms with van der Waals surface area (Å²) in [6.45, 7) is 11.0. The lowest BCUT2D eigenvalue weighted by atomic mass is 9.95. The number of hydrogen-bond acceptors (Lipinski definition) is 5. The van der Waals surface area contributed by atoms with Gasteiger partial charge in [0.1, 0.15) is 6.04 Å². The topological polar surface area (TPSA) is 84.0 Å². The van der Waals surface area contributed by atoms with Gasteiger partial charge in [0, 0.05) is 27.4 Å². The first kappa shape index (κ1) is 20.9. The maximum absolute atomic E-state index is 12.3. The average Bonchev–Trinajstić information content (AvgIpc) is 2.54. The zero-order valence-corrected chi connectivity index (χ0v) is 17.4.